The van der Waals surface area contributed by atoms with Crippen LogP contribution in [0, 0.1) is 0 Å². The third-order valence-corrected chi connectivity index (χ3v) is 6.44. The van der Waals surface area contributed by atoms with E-state index in [0.29, 0.717) is 19.5 Å². The molecule has 23 heavy (non-hydrogen) atoms. The Hall–Kier alpha value is -1.15. The lowest BCUT2D eigenvalue weighted by molar-refractivity contribution is -0.143. The van der Waals surface area contributed by atoms with Crippen LogP contribution in [0.3, 0.4) is 0 Å². The summed E-state index contributed by atoms with van der Waals surface area (Å²) < 4.78 is 31.3. The molecule has 0 spiro atoms. The molecule has 1 aliphatic carbocycles. The minimum absolute atomic E-state index is 0. The van der Waals surface area contributed by atoms with Crippen molar-refractivity contribution in [3.63, 3.8) is 0 Å². The number of halogens is 1. The van der Waals surface area contributed by atoms with Gasteiger partial charge in [0.25, 0.3) is 0 Å². The van der Waals surface area contributed by atoms with Crippen LogP contribution in [0.15, 0.2) is 29.2 Å². The quantitative estimate of drug-likeness (QED) is 0.810. The molecule has 0 unspecified atom stereocenters. The number of hydrogen-bond donors (Lipinski definition) is 1. The second kappa shape index (κ2) is 6.39. The highest BCUT2D eigenvalue weighted by Crippen LogP contribution is 2.49. The maximum atomic E-state index is 12.5. The summed E-state index contributed by atoms with van der Waals surface area (Å²) in [7, 11) is -2.13. The van der Waals surface area contributed by atoms with Gasteiger partial charge in [0.1, 0.15) is 0 Å². The molecule has 1 saturated heterocycles. The summed E-state index contributed by atoms with van der Waals surface area (Å²) in [5.74, 6) is -0.256. The van der Waals surface area contributed by atoms with Gasteiger partial charge in [0.2, 0.25) is 10.0 Å². The van der Waals surface area contributed by atoms with Crippen molar-refractivity contribution in [2.75, 3.05) is 20.2 Å². The molecule has 0 bridgehead atoms. The van der Waals surface area contributed by atoms with Gasteiger partial charge in [-0.2, -0.15) is 4.31 Å². The molecule has 0 radical (unpaired) electrons. The molecule has 128 valence electrons. The SMILES string of the molecule is COC(=O)C1(c2ccc(S(=O)(=O)N3CC[C@@H](N)C3)cc2)CC1.Cl. The van der Waals surface area contributed by atoms with Crippen molar-refractivity contribution in [1.82, 2.24) is 4.31 Å². The van der Waals surface area contributed by atoms with Crippen molar-refractivity contribution >= 4 is 28.4 Å². The fourth-order valence-electron chi connectivity index (χ4n) is 3.00. The number of ether oxygens (including phenoxy) is 1. The van der Waals surface area contributed by atoms with Crippen LogP contribution in [-0.4, -0.2) is 44.9 Å². The molecule has 8 heteroatoms. The first-order chi connectivity index (χ1) is 10.4. The highest BCUT2D eigenvalue weighted by molar-refractivity contribution is 7.89. The van der Waals surface area contributed by atoms with E-state index < -0.39 is 15.4 Å². The molecule has 1 atom stereocenters. The first kappa shape index (κ1) is 18.2. The molecule has 2 N–H and O–H groups in total. The lowest BCUT2D eigenvalue weighted by atomic mass is 9.96. The Bertz CT molecular complexity index is 686. The van der Waals surface area contributed by atoms with Crippen molar-refractivity contribution in [3.8, 4) is 0 Å². The summed E-state index contributed by atoms with van der Waals surface area (Å²) in [6.45, 7) is 0.813. The van der Waals surface area contributed by atoms with E-state index in [9.17, 15) is 13.2 Å². The van der Waals surface area contributed by atoms with Gasteiger partial charge in [0.15, 0.2) is 0 Å². The van der Waals surface area contributed by atoms with Crippen LogP contribution in [0.5, 0.6) is 0 Å². The zero-order chi connectivity index (χ0) is 16.0. The van der Waals surface area contributed by atoms with Crippen LogP contribution < -0.4 is 5.73 Å². The fourth-order valence-corrected chi connectivity index (χ4v) is 4.51. The number of nitrogens with two attached hydrogens (primary N) is 1. The van der Waals surface area contributed by atoms with Crippen molar-refractivity contribution in [2.45, 2.75) is 35.6 Å². The normalized spacial score (nSPS) is 23.1. The van der Waals surface area contributed by atoms with Crippen LogP contribution in [0.2, 0.25) is 0 Å². The summed E-state index contributed by atoms with van der Waals surface area (Å²) in [4.78, 5) is 12.1. The molecular weight excluding hydrogens is 340 g/mol. The van der Waals surface area contributed by atoms with Gasteiger partial charge in [-0.15, -0.1) is 12.4 Å². The predicted molar refractivity (Wildman–Crippen MR) is 88.0 cm³/mol. The lowest BCUT2D eigenvalue weighted by Crippen LogP contribution is -2.32. The number of benzene rings is 1. The number of sulfonamides is 1. The van der Waals surface area contributed by atoms with Crippen LogP contribution >= 0.6 is 12.4 Å². The fraction of sp³-hybridized carbons (Fsp3) is 0.533. The van der Waals surface area contributed by atoms with Gasteiger partial charge >= 0.3 is 5.97 Å². The molecular formula is C15H21ClN2O4S. The molecule has 1 aliphatic heterocycles. The summed E-state index contributed by atoms with van der Waals surface area (Å²) in [5.41, 5.74) is 6.02. The van der Waals surface area contributed by atoms with Gasteiger partial charge in [0, 0.05) is 19.1 Å². The number of carbonyl (C=O) groups is 1. The first-order valence-corrected chi connectivity index (χ1v) is 8.79. The van der Waals surface area contributed by atoms with Gasteiger partial charge in [-0.25, -0.2) is 8.42 Å². The minimum Gasteiger partial charge on any atom is -0.468 e. The number of rotatable bonds is 4. The number of nitrogens with zero attached hydrogens (tertiary/aromatic N) is 1. The van der Waals surface area contributed by atoms with Crippen LogP contribution in [-0.2, 0) is 25.0 Å². The third kappa shape index (κ3) is 3.10. The van der Waals surface area contributed by atoms with Gasteiger partial charge in [0.05, 0.1) is 17.4 Å². The number of esters is 1. The molecule has 1 aromatic carbocycles. The highest BCUT2D eigenvalue weighted by Gasteiger charge is 2.52. The van der Waals surface area contributed by atoms with Crippen LogP contribution in [0.1, 0.15) is 24.8 Å². The summed E-state index contributed by atoms with van der Waals surface area (Å²) >= 11 is 0. The van der Waals surface area contributed by atoms with Gasteiger partial charge in [-0.1, -0.05) is 12.1 Å². The standard InChI is InChI=1S/C15H20N2O4S.ClH/c1-21-14(18)15(7-8-15)11-2-4-13(5-3-11)22(19,20)17-9-6-12(16)10-17;/h2-5,12H,6-10,16H2,1H3;1H/t12-;/m1./s1. The maximum Gasteiger partial charge on any atom is 0.316 e. The Morgan fingerprint density at radius 1 is 1.30 bits per heavy atom. The van der Waals surface area contributed by atoms with E-state index in [1.807, 2.05) is 0 Å². The number of methoxy groups -OCH3 is 1. The Balaban J connectivity index is 0.00000192. The second-order valence-electron chi connectivity index (χ2n) is 6.01. The maximum absolute atomic E-state index is 12.5. The van der Waals surface area contributed by atoms with E-state index in [2.05, 4.69) is 0 Å². The van der Waals surface area contributed by atoms with Gasteiger partial charge < -0.3 is 10.5 Å². The topological polar surface area (TPSA) is 89.7 Å². The summed E-state index contributed by atoms with van der Waals surface area (Å²) in [5, 5.41) is 0. The van der Waals surface area contributed by atoms with Crippen molar-refractivity contribution in [1.29, 1.82) is 0 Å². The Labute approximate surface area is 142 Å². The van der Waals surface area contributed by atoms with Crippen molar-refractivity contribution in [2.24, 2.45) is 5.73 Å². The smallest absolute Gasteiger partial charge is 0.316 e. The number of carbonyl (C=O) groups excluding carboxylic acids is 1. The predicted octanol–water partition coefficient (Wildman–Crippen LogP) is 1.03. The van der Waals surface area contributed by atoms with E-state index in [4.69, 9.17) is 10.5 Å². The van der Waals surface area contributed by atoms with Crippen molar-refractivity contribution in [3.05, 3.63) is 29.8 Å². The Kier molecular flexibility index (Phi) is 5.06. The van der Waals surface area contributed by atoms with E-state index >= 15 is 0 Å². The molecule has 1 heterocycles. The average molecular weight is 361 g/mol. The zero-order valence-electron chi connectivity index (χ0n) is 12.9. The van der Waals surface area contributed by atoms with Crippen LogP contribution in [0.4, 0.5) is 0 Å². The molecule has 2 fully saturated rings. The monoisotopic (exact) mass is 360 g/mol. The molecule has 0 amide bonds. The van der Waals surface area contributed by atoms with Crippen molar-refractivity contribution < 1.29 is 17.9 Å². The lowest BCUT2D eigenvalue weighted by Gasteiger charge is -2.17. The number of hydrogen-bond acceptors (Lipinski definition) is 5. The van der Waals surface area contributed by atoms with Gasteiger partial charge in [-0.05, 0) is 37.0 Å². The molecule has 2 aliphatic rings. The first-order valence-electron chi connectivity index (χ1n) is 7.35. The third-order valence-electron chi connectivity index (χ3n) is 4.56. The molecule has 3 rings (SSSR count). The molecule has 6 nitrogen and oxygen atoms in total. The summed E-state index contributed by atoms with van der Waals surface area (Å²) in [6.07, 6.45) is 2.17. The Morgan fingerprint density at radius 2 is 1.91 bits per heavy atom. The summed E-state index contributed by atoms with van der Waals surface area (Å²) in [6, 6.07) is 6.47. The average Bonchev–Trinajstić information content (AvgIpc) is 3.22. The Morgan fingerprint density at radius 3 is 2.35 bits per heavy atom. The van der Waals surface area contributed by atoms with Crippen LogP contribution in [0.25, 0.3) is 0 Å². The second-order valence-corrected chi connectivity index (χ2v) is 7.95. The van der Waals surface area contributed by atoms with E-state index in [0.717, 1.165) is 18.4 Å². The molecule has 1 aromatic rings. The molecule has 0 aromatic heterocycles. The molecule has 1 saturated carbocycles. The zero-order valence-corrected chi connectivity index (χ0v) is 14.5. The minimum atomic E-state index is -3.50. The van der Waals surface area contributed by atoms with E-state index in [1.54, 1.807) is 24.3 Å². The van der Waals surface area contributed by atoms with Gasteiger partial charge in [-0.3, -0.25) is 4.79 Å². The largest absolute Gasteiger partial charge is 0.468 e. The highest BCUT2D eigenvalue weighted by atomic mass is 35.5. The van der Waals surface area contributed by atoms with E-state index in [-0.39, 0.29) is 29.3 Å². The van der Waals surface area contributed by atoms with E-state index in [1.165, 1.54) is 11.4 Å².